The smallest absolute Gasteiger partial charge is 0.410 e. The second-order valence-electron chi connectivity index (χ2n) is 7.96. The van der Waals surface area contributed by atoms with E-state index in [1.54, 1.807) is 25.7 Å². The first-order chi connectivity index (χ1) is 13.6. The summed E-state index contributed by atoms with van der Waals surface area (Å²) in [4.78, 5) is 33.5. The zero-order chi connectivity index (χ0) is 21.6. The lowest BCUT2D eigenvalue weighted by atomic mass is 10.0. The van der Waals surface area contributed by atoms with Crippen LogP contribution >= 0.6 is 11.6 Å². The molecule has 1 aromatic heterocycles. The number of hydrogen-bond donors (Lipinski definition) is 2. The second kappa shape index (κ2) is 10.2. The van der Waals surface area contributed by atoms with Gasteiger partial charge in [-0.25, -0.2) is 9.78 Å². The van der Waals surface area contributed by atoms with Crippen LogP contribution in [0.1, 0.15) is 56.8 Å². The minimum Gasteiger partial charge on any atom is -0.444 e. The number of aromatic amines is 1. The Bertz CT molecular complexity index is 707. The van der Waals surface area contributed by atoms with Gasteiger partial charge in [-0.15, -0.1) is 0 Å². The molecule has 164 valence electrons. The maximum absolute atomic E-state index is 12.6. The fourth-order valence-electron chi connectivity index (χ4n) is 3.00. The number of H-pyrrole nitrogens is 1. The zero-order valence-corrected chi connectivity index (χ0v) is 18.1. The third kappa shape index (κ3) is 6.85. The molecule has 0 aromatic carbocycles. The van der Waals surface area contributed by atoms with Crippen LogP contribution in [0.15, 0.2) is 0 Å². The lowest BCUT2D eigenvalue weighted by Gasteiger charge is -2.39. The Morgan fingerprint density at radius 1 is 1.41 bits per heavy atom. The zero-order valence-electron chi connectivity index (χ0n) is 17.4. The van der Waals surface area contributed by atoms with E-state index in [1.807, 2.05) is 6.92 Å². The molecule has 2 heterocycles. The summed E-state index contributed by atoms with van der Waals surface area (Å²) in [7, 11) is 0. The van der Waals surface area contributed by atoms with Crippen molar-refractivity contribution in [2.75, 3.05) is 26.4 Å². The van der Waals surface area contributed by atoms with Crippen LogP contribution in [0.5, 0.6) is 0 Å². The fraction of sp³-hybridized carbons (Fsp3) is 0.737. The summed E-state index contributed by atoms with van der Waals surface area (Å²) in [5.41, 5.74) is 0.0785. The lowest BCUT2D eigenvalue weighted by Crippen LogP contribution is -2.57. The monoisotopic (exact) mass is 432 g/mol. The number of hydrogen-bond acceptors (Lipinski definition) is 5. The second-order valence-corrected chi connectivity index (χ2v) is 8.31. The third-order valence-electron chi connectivity index (χ3n) is 4.43. The van der Waals surface area contributed by atoms with Gasteiger partial charge in [0, 0.05) is 13.2 Å². The van der Waals surface area contributed by atoms with Gasteiger partial charge in [-0.05, 0) is 40.0 Å². The molecule has 1 aromatic rings. The normalized spacial score (nSPS) is 19.9. The van der Waals surface area contributed by atoms with Gasteiger partial charge in [-0.1, -0.05) is 18.5 Å². The van der Waals surface area contributed by atoms with E-state index in [1.165, 1.54) is 0 Å². The number of alkyl halides is 1. The Balaban J connectivity index is 2.04. The maximum Gasteiger partial charge on any atom is 0.410 e. The van der Waals surface area contributed by atoms with Gasteiger partial charge in [0.1, 0.15) is 5.60 Å². The van der Waals surface area contributed by atoms with Gasteiger partial charge in [0.05, 0.1) is 31.1 Å². The van der Waals surface area contributed by atoms with Gasteiger partial charge in [-0.2, -0.15) is 0 Å². The third-order valence-corrected chi connectivity index (χ3v) is 4.75. The molecule has 1 aliphatic rings. The van der Waals surface area contributed by atoms with Crippen LogP contribution in [0.25, 0.3) is 0 Å². The van der Waals surface area contributed by atoms with Gasteiger partial charge in [0.25, 0.3) is 5.91 Å². The van der Waals surface area contributed by atoms with Crippen molar-refractivity contribution in [2.24, 2.45) is 0 Å². The Kier molecular flexibility index (Phi) is 8.27. The highest BCUT2D eigenvalue weighted by atomic mass is 35.5. The van der Waals surface area contributed by atoms with Crippen LogP contribution in [-0.4, -0.2) is 71.0 Å². The van der Waals surface area contributed by atoms with Crippen molar-refractivity contribution in [3.8, 4) is 0 Å². The van der Waals surface area contributed by atoms with Gasteiger partial charge in [0.2, 0.25) is 0 Å². The number of imidazole rings is 1. The van der Waals surface area contributed by atoms with Crippen LogP contribution in [0.4, 0.5) is 9.18 Å². The molecule has 2 N–H and O–H groups in total. The van der Waals surface area contributed by atoms with E-state index in [2.05, 4.69) is 15.3 Å². The van der Waals surface area contributed by atoms with Crippen molar-refractivity contribution in [3.05, 3.63) is 16.7 Å². The Hall–Kier alpha value is -1.87. The number of carbonyl (C=O) groups excluding carboxylic acids is 2. The van der Waals surface area contributed by atoms with Gasteiger partial charge < -0.3 is 24.7 Å². The summed E-state index contributed by atoms with van der Waals surface area (Å²) in [5, 5.41) is 3.17. The van der Waals surface area contributed by atoms with E-state index in [0.29, 0.717) is 25.1 Å². The number of aromatic nitrogens is 2. The average molecular weight is 433 g/mol. The minimum atomic E-state index is -0.609. The standard InChI is InChI=1S/C19H30ClFN4O4/c1-5-12-15(20)24-16(22-12)17(26)23-13-7-9-25(18(27)29-19(2,3)4)11-14(13)28-10-6-8-21/h13-14H,5-11H2,1-4H3,(H,22,24)(H,23,26)/t13-,14+/m1/s1. The number of halogens is 2. The molecular weight excluding hydrogens is 403 g/mol. The molecule has 1 saturated heterocycles. The highest BCUT2D eigenvalue weighted by molar-refractivity contribution is 6.30. The number of ether oxygens (including phenoxy) is 2. The summed E-state index contributed by atoms with van der Waals surface area (Å²) in [5.74, 6) is -0.273. The van der Waals surface area contributed by atoms with E-state index >= 15 is 0 Å². The van der Waals surface area contributed by atoms with E-state index < -0.39 is 30.4 Å². The SMILES string of the molecule is CCc1[nH]c(C(=O)N[C@@H]2CCN(C(=O)OC(C)(C)C)C[C@@H]2OCCCF)nc1Cl. The number of amides is 2. The molecule has 29 heavy (non-hydrogen) atoms. The van der Waals surface area contributed by atoms with E-state index in [4.69, 9.17) is 21.1 Å². The molecule has 0 aliphatic carbocycles. The van der Waals surface area contributed by atoms with Crippen LogP contribution in [0.3, 0.4) is 0 Å². The molecule has 0 saturated carbocycles. The predicted octanol–water partition coefficient (Wildman–Crippen LogP) is 3.11. The average Bonchev–Trinajstić information content (AvgIpc) is 3.02. The number of carbonyl (C=O) groups is 2. The van der Waals surface area contributed by atoms with Crippen molar-refractivity contribution in [2.45, 2.75) is 64.7 Å². The molecule has 10 heteroatoms. The van der Waals surface area contributed by atoms with E-state index in [0.717, 1.165) is 0 Å². The molecule has 0 radical (unpaired) electrons. The molecule has 0 unspecified atom stereocenters. The van der Waals surface area contributed by atoms with Crippen LogP contribution in [-0.2, 0) is 15.9 Å². The van der Waals surface area contributed by atoms with E-state index in [9.17, 15) is 14.0 Å². The first kappa shape index (κ1) is 23.4. The first-order valence-electron chi connectivity index (χ1n) is 9.85. The molecule has 0 spiro atoms. The van der Waals surface area contributed by atoms with Gasteiger partial charge in [0.15, 0.2) is 11.0 Å². The Morgan fingerprint density at radius 2 is 2.14 bits per heavy atom. The highest BCUT2D eigenvalue weighted by Gasteiger charge is 2.35. The number of piperidine rings is 1. The molecule has 1 aliphatic heterocycles. The molecule has 1 fully saturated rings. The van der Waals surface area contributed by atoms with Crippen molar-refractivity contribution in [1.29, 1.82) is 0 Å². The number of rotatable bonds is 7. The molecule has 2 rings (SSSR count). The van der Waals surface area contributed by atoms with Crippen molar-refractivity contribution < 1.29 is 23.5 Å². The quantitative estimate of drug-likeness (QED) is 0.645. The van der Waals surface area contributed by atoms with E-state index in [-0.39, 0.29) is 36.6 Å². The van der Waals surface area contributed by atoms with Gasteiger partial charge >= 0.3 is 6.09 Å². The molecule has 2 amide bonds. The van der Waals surface area contributed by atoms with Crippen molar-refractivity contribution >= 4 is 23.6 Å². The predicted molar refractivity (Wildman–Crippen MR) is 107 cm³/mol. The molecule has 2 atom stereocenters. The molecule has 8 nitrogen and oxygen atoms in total. The summed E-state index contributed by atoms with van der Waals surface area (Å²) >= 11 is 6.01. The van der Waals surface area contributed by atoms with Crippen LogP contribution in [0, 0.1) is 0 Å². The van der Waals surface area contributed by atoms with Gasteiger partial charge in [-0.3, -0.25) is 9.18 Å². The van der Waals surface area contributed by atoms with Crippen LogP contribution in [0.2, 0.25) is 5.15 Å². The Morgan fingerprint density at radius 3 is 2.72 bits per heavy atom. The minimum absolute atomic E-state index is 0.129. The number of likely N-dealkylation sites (tertiary alicyclic amines) is 1. The number of aryl methyl sites for hydroxylation is 1. The topological polar surface area (TPSA) is 96.6 Å². The highest BCUT2D eigenvalue weighted by Crippen LogP contribution is 2.19. The molecule has 0 bridgehead atoms. The first-order valence-corrected chi connectivity index (χ1v) is 10.2. The fourth-order valence-corrected chi connectivity index (χ4v) is 3.26. The summed E-state index contributed by atoms with van der Waals surface area (Å²) in [6.07, 6.45) is 0.426. The lowest BCUT2D eigenvalue weighted by molar-refractivity contribution is -0.0346. The van der Waals surface area contributed by atoms with Crippen LogP contribution < -0.4 is 5.32 Å². The molecular formula is C19H30ClFN4O4. The van der Waals surface area contributed by atoms with Crippen molar-refractivity contribution in [3.63, 3.8) is 0 Å². The number of nitrogens with one attached hydrogen (secondary N) is 2. The summed E-state index contributed by atoms with van der Waals surface area (Å²) < 4.78 is 23.7. The summed E-state index contributed by atoms with van der Waals surface area (Å²) in [6, 6.07) is -0.352. The summed E-state index contributed by atoms with van der Waals surface area (Å²) in [6.45, 7) is 7.65. The maximum atomic E-state index is 12.6. The van der Waals surface area contributed by atoms with Crippen molar-refractivity contribution in [1.82, 2.24) is 20.2 Å². The number of nitrogens with zero attached hydrogens (tertiary/aromatic N) is 2. The largest absolute Gasteiger partial charge is 0.444 e. The Labute approximate surface area is 175 Å².